The molecule has 1 heterocycles. The molecule has 4 nitrogen and oxygen atoms in total. The molecule has 0 aromatic carbocycles. The van der Waals surface area contributed by atoms with Gasteiger partial charge in [0.25, 0.3) is 0 Å². The number of piperidine rings is 1. The van der Waals surface area contributed by atoms with Gasteiger partial charge in [-0.15, -0.1) is 24.8 Å². The second-order valence-corrected chi connectivity index (χ2v) is 5.52. The number of nitrogens with one attached hydrogen (secondary N) is 1. The van der Waals surface area contributed by atoms with Gasteiger partial charge in [0.05, 0.1) is 5.54 Å². The van der Waals surface area contributed by atoms with E-state index >= 15 is 0 Å². The van der Waals surface area contributed by atoms with E-state index in [1.807, 2.05) is 0 Å². The van der Waals surface area contributed by atoms with Crippen molar-refractivity contribution < 1.29 is 4.79 Å². The minimum Gasteiger partial charge on any atom is -0.353 e. The van der Waals surface area contributed by atoms with E-state index in [0.29, 0.717) is 0 Å². The van der Waals surface area contributed by atoms with Gasteiger partial charge in [-0.1, -0.05) is 19.3 Å². The number of nitrogens with zero attached hydrogens (tertiary/aromatic N) is 1. The maximum atomic E-state index is 12.0. The SMILES string of the molecule is Cl.Cl.NC1(C(=O)NCCN2CCCCC2)CCCC1. The van der Waals surface area contributed by atoms with Crippen LogP contribution in [0.25, 0.3) is 0 Å². The Bertz CT molecular complexity index is 265. The molecule has 2 rings (SSSR count). The molecule has 0 aromatic rings. The quantitative estimate of drug-likeness (QED) is 0.831. The predicted molar refractivity (Wildman–Crippen MR) is 83.2 cm³/mol. The van der Waals surface area contributed by atoms with Crippen LogP contribution in [-0.2, 0) is 4.79 Å². The first-order valence-corrected chi connectivity index (χ1v) is 7.00. The van der Waals surface area contributed by atoms with E-state index < -0.39 is 5.54 Å². The molecule has 2 fully saturated rings. The third-order valence-corrected chi connectivity index (χ3v) is 4.11. The van der Waals surface area contributed by atoms with Crippen molar-refractivity contribution >= 4 is 30.7 Å². The third kappa shape index (κ3) is 5.46. The fourth-order valence-corrected chi connectivity index (χ4v) is 2.92. The summed E-state index contributed by atoms with van der Waals surface area (Å²) in [5, 5.41) is 3.01. The third-order valence-electron chi connectivity index (χ3n) is 4.11. The van der Waals surface area contributed by atoms with Crippen molar-refractivity contribution in [3.05, 3.63) is 0 Å². The number of carbonyl (C=O) groups excluding carboxylic acids is 1. The molecule has 1 amide bonds. The molecule has 19 heavy (non-hydrogen) atoms. The average molecular weight is 312 g/mol. The van der Waals surface area contributed by atoms with Gasteiger partial charge in [-0.05, 0) is 38.8 Å². The maximum absolute atomic E-state index is 12.0. The normalized spacial score (nSPS) is 22.2. The van der Waals surface area contributed by atoms with Gasteiger partial charge in [0.15, 0.2) is 0 Å². The molecule has 0 atom stereocenters. The largest absolute Gasteiger partial charge is 0.353 e. The van der Waals surface area contributed by atoms with E-state index in [9.17, 15) is 4.79 Å². The number of amides is 1. The maximum Gasteiger partial charge on any atom is 0.240 e. The number of hydrogen-bond acceptors (Lipinski definition) is 3. The van der Waals surface area contributed by atoms with Crippen molar-refractivity contribution in [2.24, 2.45) is 5.73 Å². The smallest absolute Gasteiger partial charge is 0.240 e. The van der Waals surface area contributed by atoms with Gasteiger partial charge in [0.2, 0.25) is 5.91 Å². The molecule has 0 radical (unpaired) electrons. The molecule has 1 aliphatic heterocycles. The Morgan fingerprint density at radius 3 is 2.21 bits per heavy atom. The van der Waals surface area contributed by atoms with E-state index in [2.05, 4.69) is 10.2 Å². The van der Waals surface area contributed by atoms with Crippen LogP contribution in [0.4, 0.5) is 0 Å². The van der Waals surface area contributed by atoms with E-state index in [1.165, 1.54) is 32.4 Å². The lowest BCUT2D eigenvalue weighted by Gasteiger charge is -2.27. The summed E-state index contributed by atoms with van der Waals surface area (Å²) >= 11 is 0. The van der Waals surface area contributed by atoms with Crippen LogP contribution in [0.3, 0.4) is 0 Å². The second-order valence-electron chi connectivity index (χ2n) is 5.52. The van der Waals surface area contributed by atoms with Crippen LogP contribution >= 0.6 is 24.8 Å². The Balaban J connectivity index is 0.00000162. The number of rotatable bonds is 4. The van der Waals surface area contributed by atoms with E-state index in [4.69, 9.17) is 5.73 Å². The van der Waals surface area contributed by atoms with Gasteiger partial charge < -0.3 is 16.0 Å². The highest BCUT2D eigenvalue weighted by Gasteiger charge is 2.36. The van der Waals surface area contributed by atoms with Crippen molar-refractivity contribution in [3.8, 4) is 0 Å². The van der Waals surface area contributed by atoms with Crippen molar-refractivity contribution in [1.82, 2.24) is 10.2 Å². The van der Waals surface area contributed by atoms with Crippen LogP contribution in [0.2, 0.25) is 0 Å². The van der Waals surface area contributed by atoms with Crippen LogP contribution in [0.5, 0.6) is 0 Å². The molecule has 1 aliphatic carbocycles. The van der Waals surface area contributed by atoms with Crippen LogP contribution in [0, 0.1) is 0 Å². The van der Waals surface area contributed by atoms with E-state index in [0.717, 1.165) is 38.8 Å². The first-order chi connectivity index (χ1) is 8.21. The highest BCUT2D eigenvalue weighted by Crippen LogP contribution is 2.27. The van der Waals surface area contributed by atoms with Crippen molar-refractivity contribution in [1.29, 1.82) is 0 Å². The molecule has 0 bridgehead atoms. The first-order valence-electron chi connectivity index (χ1n) is 7.00. The molecule has 114 valence electrons. The van der Waals surface area contributed by atoms with E-state index in [1.54, 1.807) is 0 Å². The number of likely N-dealkylation sites (tertiary alicyclic amines) is 1. The highest BCUT2D eigenvalue weighted by molar-refractivity contribution is 5.86. The lowest BCUT2D eigenvalue weighted by molar-refractivity contribution is -0.126. The monoisotopic (exact) mass is 311 g/mol. The topological polar surface area (TPSA) is 58.4 Å². The predicted octanol–water partition coefficient (Wildman–Crippen LogP) is 1.70. The van der Waals surface area contributed by atoms with Gasteiger partial charge in [0, 0.05) is 13.1 Å². The Morgan fingerprint density at radius 1 is 1.05 bits per heavy atom. The molecule has 6 heteroatoms. The van der Waals surface area contributed by atoms with Crippen molar-refractivity contribution in [2.45, 2.75) is 50.5 Å². The van der Waals surface area contributed by atoms with E-state index in [-0.39, 0.29) is 30.7 Å². The summed E-state index contributed by atoms with van der Waals surface area (Å²) in [6.07, 6.45) is 7.84. The van der Waals surface area contributed by atoms with Crippen molar-refractivity contribution in [2.75, 3.05) is 26.2 Å². The summed E-state index contributed by atoms with van der Waals surface area (Å²) in [5.41, 5.74) is 5.53. The Morgan fingerprint density at radius 2 is 1.63 bits per heavy atom. The molecule has 1 saturated heterocycles. The molecule has 3 N–H and O–H groups in total. The molecule has 1 saturated carbocycles. The zero-order valence-electron chi connectivity index (χ0n) is 11.5. The zero-order valence-corrected chi connectivity index (χ0v) is 13.2. The summed E-state index contributed by atoms with van der Waals surface area (Å²) in [7, 11) is 0. The lowest BCUT2D eigenvalue weighted by Crippen LogP contribution is -2.53. The summed E-state index contributed by atoms with van der Waals surface area (Å²) in [6.45, 7) is 4.09. The number of hydrogen-bond donors (Lipinski definition) is 2. The van der Waals surface area contributed by atoms with Gasteiger partial charge in [-0.2, -0.15) is 0 Å². The highest BCUT2D eigenvalue weighted by atomic mass is 35.5. The Hall–Kier alpha value is -0.0300. The summed E-state index contributed by atoms with van der Waals surface area (Å²) in [5.74, 6) is 0.0620. The number of carbonyl (C=O) groups is 1. The number of nitrogens with two attached hydrogens (primary N) is 1. The van der Waals surface area contributed by atoms with Gasteiger partial charge in [-0.25, -0.2) is 0 Å². The van der Waals surface area contributed by atoms with Gasteiger partial charge in [-0.3, -0.25) is 4.79 Å². The Labute approximate surface area is 128 Å². The summed E-state index contributed by atoms with van der Waals surface area (Å²) in [4.78, 5) is 14.4. The molecular formula is C13H27Cl2N3O. The summed E-state index contributed by atoms with van der Waals surface area (Å²) in [6, 6.07) is 0. The van der Waals surface area contributed by atoms with Crippen LogP contribution in [0.15, 0.2) is 0 Å². The van der Waals surface area contributed by atoms with Crippen LogP contribution < -0.4 is 11.1 Å². The molecule has 2 aliphatic rings. The van der Waals surface area contributed by atoms with Gasteiger partial charge >= 0.3 is 0 Å². The fraction of sp³-hybridized carbons (Fsp3) is 0.923. The minimum absolute atomic E-state index is 0. The first kappa shape index (κ1) is 19.0. The Kier molecular flexibility index (Phi) is 8.99. The summed E-state index contributed by atoms with van der Waals surface area (Å²) < 4.78 is 0. The molecule has 0 spiro atoms. The average Bonchev–Trinajstić information content (AvgIpc) is 2.79. The molecule has 0 unspecified atom stereocenters. The van der Waals surface area contributed by atoms with Crippen LogP contribution in [-0.4, -0.2) is 42.5 Å². The number of halogens is 2. The molecular weight excluding hydrogens is 285 g/mol. The molecule has 0 aromatic heterocycles. The van der Waals surface area contributed by atoms with Gasteiger partial charge in [0.1, 0.15) is 0 Å². The van der Waals surface area contributed by atoms with Crippen LogP contribution in [0.1, 0.15) is 44.9 Å². The standard InChI is InChI=1S/C13H25N3O.2ClH/c14-13(6-2-3-7-13)12(17)15-8-11-16-9-4-1-5-10-16;;/h1-11,14H2,(H,15,17);2*1H. The zero-order chi connectivity index (χ0) is 12.1. The van der Waals surface area contributed by atoms with Crippen molar-refractivity contribution in [3.63, 3.8) is 0 Å². The minimum atomic E-state index is -0.568. The fourth-order valence-electron chi connectivity index (χ4n) is 2.92. The lowest BCUT2D eigenvalue weighted by atomic mass is 9.98. The second kappa shape index (κ2) is 9.01.